The van der Waals surface area contributed by atoms with Crippen LogP contribution < -0.4 is 4.74 Å². The summed E-state index contributed by atoms with van der Waals surface area (Å²) in [6.45, 7) is 4.16. The van der Waals surface area contributed by atoms with Crippen LogP contribution in [0.1, 0.15) is 6.92 Å². The van der Waals surface area contributed by atoms with Crippen LogP contribution in [0.2, 0.25) is 10.0 Å². The number of ether oxygens (including phenoxy) is 2. The Morgan fingerprint density at radius 1 is 1.12 bits per heavy atom. The Hall–Kier alpha value is -2.26. The van der Waals surface area contributed by atoms with Gasteiger partial charge in [-0.25, -0.2) is 0 Å². The van der Waals surface area contributed by atoms with Crippen LogP contribution in [0.3, 0.4) is 0 Å². The molecular formula is C22H22Cl2N4O3S. The normalized spacial score (nSPS) is 14.9. The van der Waals surface area contributed by atoms with E-state index < -0.39 is 0 Å². The van der Waals surface area contributed by atoms with E-state index in [4.69, 9.17) is 32.7 Å². The summed E-state index contributed by atoms with van der Waals surface area (Å²) in [4.78, 5) is 14.8. The maximum absolute atomic E-state index is 13.0. The SMILES string of the molecule is COc1ccc(Cl)cc1-n1c(SC(C)C(=O)N2CCOCC2)nnc1-c1cccc(Cl)c1. The number of hydrogen-bond acceptors (Lipinski definition) is 6. The molecule has 7 nitrogen and oxygen atoms in total. The zero-order valence-electron chi connectivity index (χ0n) is 17.6. The number of thioether (sulfide) groups is 1. The standard InChI is InChI=1S/C22H22Cl2N4O3S/c1-14(21(29)27-8-10-31-11-9-27)32-22-26-25-20(15-4-3-5-16(23)12-15)28(22)18-13-17(24)6-7-19(18)30-2/h3-7,12-14H,8-11H2,1-2H3. The average Bonchev–Trinajstić information content (AvgIpc) is 3.22. The van der Waals surface area contributed by atoms with Gasteiger partial charge in [0.25, 0.3) is 0 Å². The number of hydrogen-bond donors (Lipinski definition) is 0. The lowest BCUT2D eigenvalue weighted by atomic mass is 10.2. The summed E-state index contributed by atoms with van der Waals surface area (Å²) in [5.41, 5.74) is 1.46. The topological polar surface area (TPSA) is 69.5 Å². The molecule has 1 aliphatic heterocycles. The van der Waals surface area contributed by atoms with Crippen molar-refractivity contribution in [3.8, 4) is 22.8 Å². The van der Waals surface area contributed by atoms with Crippen molar-refractivity contribution in [3.05, 3.63) is 52.5 Å². The molecule has 0 spiro atoms. The molecule has 168 valence electrons. The van der Waals surface area contributed by atoms with Gasteiger partial charge in [0, 0.05) is 28.7 Å². The van der Waals surface area contributed by atoms with Crippen molar-refractivity contribution in [2.24, 2.45) is 0 Å². The first-order valence-corrected chi connectivity index (χ1v) is 11.7. The number of morpholine rings is 1. The molecule has 1 amide bonds. The van der Waals surface area contributed by atoms with E-state index in [-0.39, 0.29) is 11.2 Å². The van der Waals surface area contributed by atoms with E-state index in [0.717, 1.165) is 5.56 Å². The van der Waals surface area contributed by atoms with Gasteiger partial charge in [-0.2, -0.15) is 0 Å². The molecule has 1 unspecified atom stereocenters. The fourth-order valence-corrected chi connectivity index (χ4v) is 4.77. The van der Waals surface area contributed by atoms with Crippen molar-refractivity contribution in [1.82, 2.24) is 19.7 Å². The first kappa shape index (κ1) is 22.9. The number of carbonyl (C=O) groups is 1. The average molecular weight is 493 g/mol. The molecule has 1 aliphatic rings. The molecular weight excluding hydrogens is 471 g/mol. The fourth-order valence-electron chi connectivity index (χ4n) is 3.47. The quantitative estimate of drug-likeness (QED) is 0.468. The van der Waals surface area contributed by atoms with Gasteiger partial charge in [-0.1, -0.05) is 47.1 Å². The van der Waals surface area contributed by atoms with Gasteiger partial charge < -0.3 is 14.4 Å². The van der Waals surface area contributed by atoms with Crippen LogP contribution in [-0.4, -0.2) is 64.2 Å². The molecule has 4 rings (SSSR count). The Bertz CT molecular complexity index is 1120. The van der Waals surface area contributed by atoms with Crippen LogP contribution in [0.4, 0.5) is 0 Å². The summed E-state index contributed by atoms with van der Waals surface area (Å²) < 4.78 is 12.8. The maximum atomic E-state index is 13.0. The molecule has 0 aliphatic carbocycles. The molecule has 0 saturated carbocycles. The molecule has 1 fully saturated rings. The van der Waals surface area contributed by atoms with Gasteiger partial charge in [-0.05, 0) is 37.3 Å². The highest BCUT2D eigenvalue weighted by Crippen LogP contribution is 2.36. The highest BCUT2D eigenvalue weighted by atomic mass is 35.5. The minimum atomic E-state index is -0.367. The summed E-state index contributed by atoms with van der Waals surface area (Å²) in [6, 6.07) is 12.7. The van der Waals surface area contributed by atoms with Crippen molar-refractivity contribution in [2.45, 2.75) is 17.3 Å². The van der Waals surface area contributed by atoms with E-state index in [9.17, 15) is 4.79 Å². The van der Waals surface area contributed by atoms with E-state index in [1.54, 1.807) is 31.4 Å². The second-order valence-corrected chi connectivity index (χ2v) is 9.35. The summed E-state index contributed by atoms with van der Waals surface area (Å²) in [5, 5.41) is 10.1. The van der Waals surface area contributed by atoms with Gasteiger partial charge >= 0.3 is 0 Å². The van der Waals surface area contributed by atoms with Gasteiger partial charge in [-0.3, -0.25) is 9.36 Å². The molecule has 1 aromatic heterocycles. The maximum Gasteiger partial charge on any atom is 0.236 e. The summed E-state index contributed by atoms with van der Waals surface area (Å²) >= 11 is 13.9. The molecule has 0 N–H and O–H groups in total. The van der Waals surface area contributed by atoms with E-state index in [2.05, 4.69) is 10.2 Å². The van der Waals surface area contributed by atoms with E-state index >= 15 is 0 Å². The number of rotatable bonds is 6. The van der Waals surface area contributed by atoms with Gasteiger partial charge in [0.15, 0.2) is 11.0 Å². The summed E-state index contributed by atoms with van der Waals surface area (Å²) in [5.74, 6) is 1.21. The van der Waals surface area contributed by atoms with Gasteiger partial charge in [-0.15, -0.1) is 10.2 Å². The van der Waals surface area contributed by atoms with E-state index in [0.29, 0.717) is 58.8 Å². The second kappa shape index (κ2) is 10.1. The Labute approximate surface area is 200 Å². The van der Waals surface area contributed by atoms with Crippen LogP contribution in [0.25, 0.3) is 17.1 Å². The monoisotopic (exact) mass is 492 g/mol. The van der Waals surface area contributed by atoms with Gasteiger partial charge in [0.1, 0.15) is 5.75 Å². The third kappa shape index (κ3) is 4.88. The summed E-state index contributed by atoms with van der Waals surface area (Å²) in [6.07, 6.45) is 0. The number of nitrogens with zero attached hydrogens (tertiary/aromatic N) is 4. The Morgan fingerprint density at radius 3 is 2.59 bits per heavy atom. The van der Waals surface area contributed by atoms with Crippen LogP contribution >= 0.6 is 35.0 Å². The van der Waals surface area contributed by atoms with Crippen LogP contribution in [0, 0.1) is 0 Å². The summed E-state index contributed by atoms with van der Waals surface area (Å²) in [7, 11) is 1.59. The van der Waals surface area contributed by atoms with Gasteiger partial charge in [0.2, 0.25) is 5.91 Å². The minimum Gasteiger partial charge on any atom is -0.495 e. The highest BCUT2D eigenvalue weighted by Gasteiger charge is 2.27. The molecule has 1 saturated heterocycles. The Balaban J connectivity index is 1.76. The number of methoxy groups -OCH3 is 1. The molecule has 32 heavy (non-hydrogen) atoms. The number of aromatic nitrogens is 3. The van der Waals surface area contributed by atoms with E-state index in [1.165, 1.54) is 11.8 Å². The van der Waals surface area contributed by atoms with Crippen molar-refractivity contribution < 1.29 is 14.3 Å². The van der Waals surface area contributed by atoms with Crippen molar-refractivity contribution in [1.29, 1.82) is 0 Å². The van der Waals surface area contributed by atoms with Gasteiger partial charge in [0.05, 0.1) is 31.3 Å². The molecule has 10 heteroatoms. The minimum absolute atomic E-state index is 0.0372. The van der Waals surface area contributed by atoms with Crippen molar-refractivity contribution >= 4 is 40.9 Å². The largest absolute Gasteiger partial charge is 0.495 e. The highest BCUT2D eigenvalue weighted by molar-refractivity contribution is 8.00. The second-order valence-electron chi connectivity index (χ2n) is 7.17. The predicted octanol–water partition coefficient (Wildman–Crippen LogP) is 4.59. The Morgan fingerprint density at radius 2 is 1.88 bits per heavy atom. The zero-order chi connectivity index (χ0) is 22.7. The third-order valence-electron chi connectivity index (χ3n) is 5.05. The number of amides is 1. The molecule has 2 aromatic carbocycles. The third-order valence-corrected chi connectivity index (χ3v) is 6.55. The predicted molar refractivity (Wildman–Crippen MR) is 126 cm³/mol. The molecule has 0 bridgehead atoms. The fraction of sp³-hybridized carbons (Fsp3) is 0.318. The number of benzene rings is 2. The Kier molecular flexibility index (Phi) is 7.25. The zero-order valence-corrected chi connectivity index (χ0v) is 20.0. The number of halogens is 2. The lowest BCUT2D eigenvalue weighted by molar-refractivity contribution is -0.134. The molecule has 0 radical (unpaired) electrons. The van der Waals surface area contributed by atoms with Crippen molar-refractivity contribution in [2.75, 3.05) is 33.4 Å². The first-order chi connectivity index (χ1) is 15.5. The molecule has 1 atom stereocenters. The number of carbonyl (C=O) groups excluding carboxylic acids is 1. The molecule has 3 aromatic rings. The van der Waals surface area contributed by atoms with Crippen molar-refractivity contribution in [3.63, 3.8) is 0 Å². The van der Waals surface area contributed by atoms with E-state index in [1.807, 2.05) is 34.6 Å². The lowest BCUT2D eigenvalue weighted by Crippen LogP contribution is -2.44. The smallest absolute Gasteiger partial charge is 0.236 e. The first-order valence-electron chi connectivity index (χ1n) is 10.1. The molecule has 2 heterocycles. The van der Waals surface area contributed by atoms with Crippen LogP contribution in [0.15, 0.2) is 47.6 Å². The van der Waals surface area contributed by atoms with Crippen LogP contribution in [-0.2, 0) is 9.53 Å². The lowest BCUT2D eigenvalue weighted by Gasteiger charge is -2.29. The van der Waals surface area contributed by atoms with Crippen LogP contribution in [0.5, 0.6) is 5.75 Å².